The molecule has 6 heteroatoms. The summed E-state index contributed by atoms with van der Waals surface area (Å²) in [7, 11) is 1.49. The number of benzene rings is 1. The molecule has 2 aromatic rings. The summed E-state index contributed by atoms with van der Waals surface area (Å²) in [4.78, 5) is 3.78. The summed E-state index contributed by atoms with van der Waals surface area (Å²) < 4.78 is 24.1. The van der Waals surface area contributed by atoms with Crippen LogP contribution in [0.3, 0.4) is 0 Å². The molecule has 0 saturated carbocycles. The Balaban J connectivity index is 2.32. The minimum Gasteiger partial charge on any atom is -0.493 e. The molecule has 0 bridgehead atoms. The van der Waals surface area contributed by atoms with Crippen molar-refractivity contribution >= 4 is 11.6 Å². The number of pyridine rings is 1. The second-order valence-electron chi connectivity index (χ2n) is 3.73. The first-order chi connectivity index (χ1) is 9.13. The van der Waals surface area contributed by atoms with Gasteiger partial charge in [0.2, 0.25) is 0 Å². The van der Waals surface area contributed by atoms with Crippen LogP contribution in [0.1, 0.15) is 5.56 Å². The predicted molar refractivity (Wildman–Crippen MR) is 70.2 cm³/mol. The first-order valence-electron chi connectivity index (χ1n) is 5.50. The van der Waals surface area contributed by atoms with Gasteiger partial charge in [0.05, 0.1) is 12.1 Å². The van der Waals surface area contributed by atoms with Crippen LogP contribution in [0, 0.1) is 5.82 Å². The van der Waals surface area contributed by atoms with Gasteiger partial charge in [-0.15, -0.1) is 0 Å². The molecule has 0 radical (unpaired) electrons. The molecule has 1 aromatic heterocycles. The van der Waals surface area contributed by atoms with Crippen LogP contribution < -0.4 is 15.2 Å². The van der Waals surface area contributed by atoms with Crippen molar-refractivity contribution in [3.8, 4) is 17.4 Å². The molecule has 4 nitrogen and oxygen atoms in total. The molecule has 0 aliphatic heterocycles. The average Bonchev–Trinajstić information content (AvgIpc) is 2.42. The fourth-order valence-electron chi connectivity index (χ4n) is 1.50. The Bertz CT molecular complexity index is 593. The van der Waals surface area contributed by atoms with E-state index in [0.29, 0.717) is 18.0 Å². The number of ether oxygens (including phenoxy) is 2. The average molecular weight is 283 g/mol. The topological polar surface area (TPSA) is 57.4 Å². The van der Waals surface area contributed by atoms with E-state index in [0.717, 1.165) is 11.6 Å². The van der Waals surface area contributed by atoms with Crippen LogP contribution in [0.15, 0.2) is 30.5 Å². The molecule has 2 rings (SSSR count). The highest BCUT2D eigenvalue weighted by Gasteiger charge is 2.11. The molecule has 0 amide bonds. The standard InChI is InChI=1S/C13H12ClFN2O2/c1-18-12-4-8(6-16)2-3-11(12)19-13-10(15)5-9(14)7-17-13/h2-5,7H,6,16H2,1H3. The Morgan fingerprint density at radius 3 is 2.74 bits per heavy atom. The molecule has 1 heterocycles. The first kappa shape index (κ1) is 13.6. The maximum atomic E-state index is 13.6. The lowest BCUT2D eigenvalue weighted by Crippen LogP contribution is -1.99. The minimum atomic E-state index is -0.641. The van der Waals surface area contributed by atoms with Gasteiger partial charge >= 0.3 is 0 Å². The van der Waals surface area contributed by atoms with E-state index in [9.17, 15) is 4.39 Å². The number of aromatic nitrogens is 1. The molecule has 0 unspecified atom stereocenters. The Morgan fingerprint density at radius 2 is 2.11 bits per heavy atom. The van der Waals surface area contributed by atoms with Crippen LogP contribution in [0.25, 0.3) is 0 Å². The number of nitrogens with two attached hydrogens (primary N) is 1. The zero-order valence-corrected chi connectivity index (χ0v) is 10.9. The van der Waals surface area contributed by atoms with Crippen molar-refractivity contribution in [2.45, 2.75) is 6.54 Å². The monoisotopic (exact) mass is 282 g/mol. The van der Waals surface area contributed by atoms with E-state index < -0.39 is 5.82 Å². The zero-order valence-electron chi connectivity index (χ0n) is 10.2. The van der Waals surface area contributed by atoms with Gasteiger partial charge in [-0.1, -0.05) is 17.7 Å². The van der Waals surface area contributed by atoms with E-state index in [1.54, 1.807) is 18.2 Å². The molecule has 19 heavy (non-hydrogen) atoms. The highest BCUT2D eigenvalue weighted by atomic mass is 35.5. The van der Waals surface area contributed by atoms with E-state index in [1.165, 1.54) is 13.3 Å². The molecule has 0 spiro atoms. The van der Waals surface area contributed by atoms with Crippen molar-refractivity contribution < 1.29 is 13.9 Å². The van der Waals surface area contributed by atoms with Gasteiger partial charge in [0, 0.05) is 12.7 Å². The van der Waals surface area contributed by atoms with Gasteiger partial charge in [-0.2, -0.15) is 0 Å². The summed E-state index contributed by atoms with van der Waals surface area (Å²) in [5.74, 6) is 0.00757. The van der Waals surface area contributed by atoms with Crippen molar-refractivity contribution in [2.75, 3.05) is 7.11 Å². The lowest BCUT2D eigenvalue weighted by molar-refractivity contribution is 0.363. The van der Waals surface area contributed by atoms with Gasteiger partial charge in [-0.3, -0.25) is 0 Å². The highest BCUT2D eigenvalue weighted by Crippen LogP contribution is 2.32. The number of hydrogen-bond donors (Lipinski definition) is 1. The second-order valence-corrected chi connectivity index (χ2v) is 4.17. The Labute approximate surface area is 114 Å². The van der Waals surface area contributed by atoms with Crippen LogP contribution in [-0.4, -0.2) is 12.1 Å². The van der Waals surface area contributed by atoms with Crippen molar-refractivity contribution in [3.63, 3.8) is 0 Å². The largest absolute Gasteiger partial charge is 0.493 e. The molecule has 1 aromatic carbocycles. The molecular weight excluding hydrogens is 271 g/mol. The fourth-order valence-corrected chi connectivity index (χ4v) is 1.65. The quantitative estimate of drug-likeness (QED) is 0.936. The predicted octanol–water partition coefficient (Wildman–Crippen LogP) is 3.13. The third kappa shape index (κ3) is 3.13. The molecule has 100 valence electrons. The molecule has 0 atom stereocenters. The van der Waals surface area contributed by atoms with Crippen molar-refractivity contribution in [3.05, 3.63) is 46.9 Å². The van der Waals surface area contributed by atoms with E-state index in [2.05, 4.69) is 4.98 Å². The fraction of sp³-hybridized carbons (Fsp3) is 0.154. The second kappa shape index (κ2) is 5.86. The molecule has 0 saturated heterocycles. The van der Waals surface area contributed by atoms with Crippen LogP contribution in [-0.2, 0) is 6.54 Å². The van der Waals surface area contributed by atoms with Crippen molar-refractivity contribution in [1.29, 1.82) is 0 Å². The maximum Gasteiger partial charge on any atom is 0.256 e. The molecule has 0 aliphatic rings. The van der Waals surface area contributed by atoms with E-state index in [4.69, 9.17) is 26.8 Å². The Kier molecular flexibility index (Phi) is 4.19. The highest BCUT2D eigenvalue weighted by molar-refractivity contribution is 6.30. The lowest BCUT2D eigenvalue weighted by atomic mass is 10.2. The summed E-state index contributed by atoms with van der Waals surface area (Å²) in [5, 5.41) is 0.204. The van der Waals surface area contributed by atoms with Gasteiger partial charge in [0.25, 0.3) is 5.88 Å². The van der Waals surface area contributed by atoms with Gasteiger partial charge < -0.3 is 15.2 Å². The van der Waals surface area contributed by atoms with Gasteiger partial charge in [0.1, 0.15) is 0 Å². The smallest absolute Gasteiger partial charge is 0.256 e. The van der Waals surface area contributed by atoms with Crippen LogP contribution in [0.4, 0.5) is 4.39 Å². The normalized spacial score (nSPS) is 10.3. The summed E-state index contributed by atoms with van der Waals surface area (Å²) in [6.45, 7) is 0.379. The van der Waals surface area contributed by atoms with Gasteiger partial charge in [-0.05, 0) is 23.8 Å². The van der Waals surface area contributed by atoms with Crippen LogP contribution in [0.2, 0.25) is 5.02 Å². The third-order valence-electron chi connectivity index (χ3n) is 2.44. The lowest BCUT2D eigenvalue weighted by Gasteiger charge is -2.11. The zero-order chi connectivity index (χ0) is 13.8. The first-order valence-corrected chi connectivity index (χ1v) is 5.87. The SMILES string of the molecule is COc1cc(CN)ccc1Oc1ncc(Cl)cc1F. The molecule has 0 aliphatic carbocycles. The summed E-state index contributed by atoms with van der Waals surface area (Å²) in [5.41, 5.74) is 6.42. The van der Waals surface area contributed by atoms with E-state index >= 15 is 0 Å². The summed E-state index contributed by atoms with van der Waals surface area (Å²) >= 11 is 5.62. The number of methoxy groups -OCH3 is 1. The Morgan fingerprint density at radius 1 is 1.32 bits per heavy atom. The van der Waals surface area contributed by atoms with Crippen molar-refractivity contribution in [2.24, 2.45) is 5.73 Å². The number of hydrogen-bond acceptors (Lipinski definition) is 4. The number of rotatable bonds is 4. The minimum absolute atomic E-state index is 0.164. The van der Waals surface area contributed by atoms with Crippen LogP contribution in [0.5, 0.6) is 17.4 Å². The van der Waals surface area contributed by atoms with Gasteiger partial charge in [-0.25, -0.2) is 9.37 Å². The summed E-state index contributed by atoms with van der Waals surface area (Å²) in [6, 6.07) is 6.27. The van der Waals surface area contributed by atoms with Gasteiger partial charge in [0.15, 0.2) is 17.3 Å². The number of nitrogens with zero attached hydrogens (tertiary/aromatic N) is 1. The third-order valence-corrected chi connectivity index (χ3v) is 2.65. The van der Waals surface area contributed by atoms with E-state index in [1.807, 2.05) is 0 Å². The van der Waals surface area contributed by atoms with Crippen molar-refractivity contribution in [1.82, 2.24) is 4.98 Å². The van der Waals surface area contributed by atoms with Crippen LogP contribution >= 0.6 is 11.6 Å². The summed E-state index contributed by atoms with van der Waals surface area (Å²) in [6.07, 6.45) is 1.31. The molecular formula is C13H12ClFN2O2. The molecule has 2 N–H and O–H groups in total. The Hall–Kier alpha value is -1.85. The molecule has 0 fully saturated rings. The number of halogens is 2. The van der Waals surface area contributed by atoms with E-state index in [-0.39, 0.29) is 10.9 Å². The maximum absolute atomic E-state index is 13.6.